The summed E-state index contributed by atoms with van der Waals surface area (Å²) in [7, 11) is 0. The lowest BCUT2D eigenvalue weighted by Crippen LogP contribution is -2.63. The van der Waals surface area contributed by atoms with Crippen molar-refractivity contribution >= 4 is 35.3 Å². The minimum absolute atomic E-state index is 0.00744. The van der Waals surface area contributed by atoms with E-state index in [1.165, 1.54) is 18.6 Å². The van der Waals surface area contributed by atoms with Crippen LogP contribution in [0.4, 0.5) is 0 Å². The first-order chi connectivity index (χ1) is 23.9. The number of amides is 5. The topological polar surface area (TPSA) is 180 Å². The molecule has 5 aliphatic rings. The number of aromatic nitrogens is 2. The molecule has 1 saturated heterocycles. The van der Waals surface area contributed by atoms with Gasteiger partial charge < -0.3 is 26.2 Å². The fraction of sp³-hybridized carbons (Fsp3) is 0.676. The van der Waals surface area contributed by atoms with Gasteiger partial charge in [-0.3, -0.25) is 33.8 Å². The minimum Gasteiger partial charge on any atom is -0.347 e. The van der Waals surface area contributed by atoms with Crippen molar-refractivity contribution in [2.24, 2.45) is 35.0 Å². The summed E-state index contributed by atoms with van der Waals surface area (Å²) < 4.78 is 0. The van der Waals surface area contributed by atoms with Crippen LogP contribution in [0.25, 0.3) is 0 Å². The molecule has 0 bridgehead atoms. The first-order valence-electron chi connectivity index (χ1n) is 18.4. The second kappa shape index (κ2) is 14.6. The van der Waals surface area contributed by atoms with Crippen LogP contribution in [0.15, 0.2) is 30.7 Å². The van der Waals surface area contributed by atoms with Gasteiger partial charge in [0.2, 0.25) is 23.5 Å². The van der Waals surface area contributed by atoms with Gasteiger partial charge in [-0.25, -0.2) is 4.98 Å². The van der Waals surface area contributed by atoms with Gasteiger partial charge in [0.25, 0.3) is 11.8 Å². The molecular formula is C37H51N7O6. The molecule has 270 valence electrons. The van der Waals surface area contributed by atoms with E-state index < -0.39 is 59.0 Å². The third-order valence-electron chi connectivity index (χ3n) is 11.3. The smallest absolute Gasteiger partial charge is 0.289 e. The van der Waals surface area contributed by atoms with Crippen molar-refractivity contribution in [1.82, 2.24) is 36.1 Å². The molecule has 0 aromatic carbocycles. The number of nitrogens with zero attached hydrogens (tertiary/aromatic N) is 3. The maximum atomic E-state index is 14.7. The zero-order valence-electron chi connectivity index (χ0n) is 29.5. The summed E-state index contributed by atoms with van der Waals surface area (Å²) >= 11 is 0. The van der Waals surface area contributed by atoms with Crippen molar-refractivity contribution in [2.75, 3.05) is 6.54 Å². The van der Waals surface area contributed by atoms with Crippen LogP contribution in [0.1, 0.15) is 96.0 Å². The molecule has 0 spiro atoms. The van der Waals surface area contributed by atoms with E-state index in [0.717, 1.165) is 44.9 Å². The molecule has 3 saturated carbocycles. The van der Waals surface area contributed by atoms with Crippen molar-refractivity contribution in [3.05, 3.63) is 36.4 Å². The van der Waals surface area contributed by atoms with Gasteiger partial charge in [0.1, 0.15) is 23.8 Å². The monoisotopic (exact) mass is 689 g/mol. The predicted molar refractivity (Wildman–Crippen MR) is 183 cm³/mol. The van der Waals surface area contributed by atoms with Gasteiger partial charge >= 0.3 is 0 Å². The van der Waals surface area contributed by atoms with Crippen LogP contribution >= 0.6 is 0 Å². The molecule has 1 aliphatic heterocycles. The third-order valence-corrected chi connectivity index (χ3v) is 11.3. The van der Waals surface area contributed by atoms with Crippen LogP contribution in [-0.2, 0) is 24.0 Å². The summed E-state index contributed by atoms with van der Waals surface area (Å²) in [5, 5.41) is 11.5. The van der Waals surface area contributed by atoms with Gasteiger partial charge in [0, 0.05) is 30.9 Å². The molecule has 6 rings (SSSR count). The molecular weight excluding hydrogens is 638 g/mol. The zero-order valence-corrected chi connectivity index (χ0v) is 29.5. The Morgan fingerprint density at radius 1 is 0.920 bits per heavy atom. The van der Waals surface area contributed by atoms with E-state index >= 15 is 0 Å². The Balaban J connectivity index is 1.22. The van der Waals surface area contributed by atoms with Gasteiger partial charge in [-0.15, -0.1) is 0 Å². The van der Waals surface area contributed by atoms with Gasteiger partial charge in [0.15, 0.2) is 0 Å². The molecule has 3 unspecified atom stereocenters. The van der Waals surface area contributed by atoms with Crippen LogP contribution in [0.5, 0.6) is 0 Å². The number of likely N-dealkylation sites (tertiary alicyclic amines) is 1. The van der Waals surface area contributed by atoms with E-state index in [9.17, 15) is 28.8 Å². The van der Waals surface area contributed by atoms with Crippen LogP contribution in [0.2, 0.25) is 0 Å². The molecule has 4 fully saturated rings. The second-order valence-corrected chi connectivity index (χ2v) is 15.9. The lowest BCUT2D eigenvalue weighted by Gasteiger charge is -2.52. The van der Waals surface area contributed by atoms with Gasteiger partial charge in [-0.2, -0.15) is 0 Å². The summed E-state index contributed by atoms with van der Waals surface area (Å²) in [6, 6.07) is -3.75. The molecule has 2 heterocycles. The number of nitrogens with one attached hydrogen (secondary N) is 4. The normalized spacial score (nSPS) is 27.3. The maximum absolute atomic E-state index is 14.7. The average molecular weight is 690 g/mol. The number of allylic oxidation sites excluding steroid dienone is 2. The third kappa shape index (κ3) is 7.32. The highest BCUT2D eigenvalue weighted by Gasteiger charge is 2.64. The first-order valence-corrected chi connectivity index (χ1v) is 18.4. The fourth-order valence-corrected chi connectivity index (χ4v) is 8.36. The summed E-state index contributed by atoms with van der Waals surface area (Å²) in [4.78, 5) is 91.8. The number of hydrogen-bond acceptors (Lipinski definition) is 8. The quantitative estimate of drug-likeness (QED) is 0.180. The van der Waals surface area contributed by atoms with E-state index in [1.54, 1.807) is 4.90 Å². The van der Waals surface area contributed by atoms with Crippen molar-refractivity contribution in [3.63, 3.8) is 0 Å². The van der Waals surface area contributed by atoms with E-state index in [1.807, 2.05) is 27.7 Å². The van der Waals surface area contributed by atoms with Crippen LogP contribution < -0.4 is 21.3 Å². The van der Waals surface area contributed by atoms with Crippen LogP contribution in [0, 0.1) is 35.0 Å². The SMILES string of the molecule is CCC[C@H](NC(=O)[C@@H]1[C@H]2C3C=CC3[C@H]2CN1C(=O)[C@@H](NC(=O)C(NC(=O)c1cnccn1)C1CCCCC1)C(C)(C)C)C(=O)C(=O)NC1CC1. The Bertz CT molecular complexity index is 1520. The Morgan fingerprint density at radius 2 is 1.64 bits per heavy atom. The molecule has 8 atom stereocenters. The Labute approximate surface area is 293 Å². The Morgan fingerprint density at radius 3 is 2.24 bits per heavy atom. The molecule has 5 amide bonds. The number of Topliss-reactive ketones (excluding diaryl/α,β-unsaturated/α-hetero) is 1. The summed E-state index contributed by atoms with van der Waals surface area (Å²) in [5.74, 6) is -2.89. The largest absolute Gasteiger partial charge is 0.347 e. The minimum atomic E-state index is -1.01. The van der Waals surface area contributed by atoms with E-state index in [2.05, 4.69) is 43.4 Å². The number of ketones is 1. The van der Waals surface area contributed by atoms with Gasteiger partial charge in [-0.1, -0.05) is 65.5 Å². The standard InChI is InChI=1S/C37H51N7O6/c1-5-9-25(30(45)35(49)40-21-12-13-21)41-34(48)29-27-23-15-14-22(23)24(27)19-44(29)36(50)31(37(2,3)4)43-33(47)28(20-10-7-6-8-11-20)42-32(46)26-18-38-16-17-39-26/h14-18,20-25,27-29,31H,5-13,19H2,1-4H3,(H,40,49)(H,41,48)(H,42,46)(H,43,47)/t22?,23?,24-,25+,27+,28?,29+,31-/m1/s1. The van der Waals surface area contributed by atoms with E-state index in [-0.39, 0.29) is 47.2 Å². The average Bonchev–Trinajstić information content (AvgIpc) is 3.84. The molecule has 13 nitrogen and oxygen atoms in total. The highest BCUT2D eigenvalue weighted by atomic mass is 16.2. The Kier molecular flexibility index (Phi) is 10.4. The number of rotatable bonds is 13. The highest BCUT2D eigenvalue weighted by molar-refractivity contribution is 6.38. The van der Waals surface area contributed by atoms with Crippen molar-refractivity contribution < 1.29 is 28.8 Å². The summed E-state index contributed by atoms with van der Waals surface area (Å²) in [6.07, 6.45) is 15.4. The van der Waals surface area contributed by atoms with Gasteiger partial charge in [-0.05, 0) is 61.2 Å². The molecule has 50 heavy (non-hydrogen) atoms. The molecule has 1 aromatic rings. The number of carbonyl (C=O) groups excluding carboxylic acids is 6. The predicted octanol–water partition coefficient (Wildman–Crippen LogP) is 2.08. The zero-order chi connectivity index (χ0) is 35.7. The Hall–Kier alpha value is -4.16. The maximum Gasteiger partial charge on any atom is 0.289 e. The van der Waals surface area contributed by atoms with E-state index in [4.69, 9.17) is 0 Å². The van der Waals surface area contributed by atoms with Crippen molar-refractivity contribution in [2.45, 2.75) is 116 Å². The fourth-order valence-electron chi connectivity index (χ4n) is 8.36. The summed E-state index contributed by atoms with van der Waals surface area (Å²) in [5.41, 5.74) is -0.653. The second-order valence-electron chi connectivity index (χ2n) is 15.9. The summed E-state index contributed by atoms with van der Waals surface area (Å²) in [6.45, 7) is 7.82. The van der Waals surface area contributed by atoms with Crippen molar-refractivity contribution in [1.29, 1.82) is 0 Å². The number of hydrogen-bond donors (Lipinski definition) is 4. The van der Waals surface area contributed by atoms with Crippen LogP contribution in [0.3, 0.4) is 0 Å². The first kappa shape index (κ1) is 35.7. The number of carbonyl (C=O) groups is 6. The molecule has 13 heteroatoms. The number of fused-ring (bicyclic) bond motifs is 4. The van der Waals surface area contributed by atoms with Crippen molar-refractivity contribution in [3.8, 4) is 0 Å². The lowest BCUT2D eigenvalue weighted by molar-refractivity contribution is -0.146. The lowest BCUT2D eigenvalue weighted by atomic mass is 9.51. The molecule has 1 aromatic heterocycles. The molecule has 4 N–H and O–H groups in total. The van der Waals surface area contributed by atoms with Gasteiger partial charge in [0.05, 0.1) is 12.2 Å². The highest BCUT2D eigenvalue weighted by Crippen LogP contribution is 2.59. The molecule has 4 aliphatic carbocycles. The van der Waals surface area contributed by atoms with Crippen LogP contribution in [-0.4, -0.2) is 86.9 Å². The van der Waals surface area contributed by atoms with E-state index in [0.29, 0.717) is 19.4 Å². The molecule has 0 radical (unpaired) electrons.